The largest absolute Gasteiger partial charge is 0.356 e. The summed E-state index contributed by atoms with van der Waals surface area (Å²) in [7, 11) is 0. The van der Waals surface area contributed by atoms with Gasteiger partial charge in [-0.3, -0.25) is 4.79 Å². The monoisotopic (exact) mass is 360 g/mol. The fraction of sp³-hybridized carbons (Fsp3) is 0.625. The molecule has 0 aliphatic carbocycles. The fourth-order valence-electron chi connectivity index (χ4n) is 3.19. The Balaban J connectivity index is 0.00000132. The summed E-state index contributed by atoms with van der Waals surface area (Å²) in [4.78, 5) is 21.5. The lowest BCUT2D eigenvalue weighted by molar-refractivity contribution is 0.0715. The second kappa shape index (κ2) is 9.30. The topological polar surface area (TPSA) is 62.5 Å². The summed E-state index contributed by atoms with van der Waals surface area (Å²) in [5, 5.41) is 0. The molecule has 2 aliphatic rings. The van der Waals surface area contributed by atoms with Gasteiger partial charge in [0.05, 0.1) is 5.56 Å². The Morgan fingerprint density at radius 2 is 1.74 bits per heavy atom. The van der Waals surface area contributed by atoms with Gasteiger partial charge in [-0.05, 0) is 44.2 Å². The van der Waals surface area contributed by atoms with Crippen molar-refractivity contribution in [3.05, 3.63) is 23.9 Å². The highest BCUT2D eigenvalue weighted by molar-refractivity contribution is 5.99. The molecule has 5 nitrogen and oxygen atoms in total. The number of carbonyl (C=O) groups is 1. The molecule has 2 N–H and O–H groups in total. The molecule has 1 amide bonds. The van der Waals surface area contributed by atoms with Crippen molar-refractivity contribution in [3.63, 3.8) is 0 Å². The van der Waals surface area contributed by atoms with Crippen LogP contribution in [0, 0.1) is 0 Å². The Labute approximate surface area is 150 Å². The summed E-state index contributed by atoms with van der Waals surface area (Å²) in [6.07, 6.45) is 7.21. The number of piperidine rings is 2. The molecule has 0 bridgehead atoms. The average molecular weight is 361 g/mol. The number of carbonyl (C=O) groups excluding carboxylic acids is 1. The van der Waals surface area contributed by atoms with E-state index < -0.39 is 0 Å². The van der Waals surface area contributed by atoms with Crippen LogP contribution in [0.1, 0.15) is 42.5 Å². The number of nitrogens with zero attached hydrogens (tertiary/aromatic N) is 3. The van der Waals surface area contributed by atoms with E-state index in [9.17, 15) is 4.79 Å². The van der Waals surface area contributed by atoms with Crippen molar-refractivity contribution in [2.24, 2.45) is 5.73 Å². The molecular formula is C16H26Cl2N4O. The Morgan fingerprint density at radius 3 is 2.39 bits per heavy atom. The highest BCUT2D eigenvalue weighted by Crippen LogP contribution is 2.23. The number of hydrogen-bond acceptors (Lipinski definition) is 4. The summed E-state index contributed by atoms with van der Waals surface area (Å²) in [6, 6.07) is 4.01. The van der Waals surface area contributed by atoms with Gasteiger partial charge < -0.3 is 15.5 Å². The Bertz CT molecular complexity index is 501. The Kier molecular flexibility index (Phi) is 8.09. The van der Waals surface area contributed by atoms with Gasteiger partial charge in [-0.1, -0.05) is 0 Å². The number of nitrogens with two attached hydrogens (primary N) is 1. The number of aromatic nitrogens is 1. The van der Waals surface area contributed by atoms with E-state index in [1.807, 2.05) is 17.0 Å². The van der Waals surface area contributed by atoms with Crippen LogP contribution in [-0.4, -0.2) is 48.0 Å². The van der Waals surface area contributed by atoms with Gasteiger partial charge in [0.2, 0.25) is 0 Å². The molecule has 1 aromatic heterocycles. The molecule has 23 heavy (non-hydrogen) atoms. The summed E-state index contributed by atoms with van der Waals surface area (Å²) >= 11 is 0. The number of rotatable bonds is 2. The molecule has 2 saturated heterocycles. The third-order valence-corrected chi connectivity index (χ3v) is 4.50. The highest BCUT2D eigenvalue weighted by Gasteiger charge is 2.26. The molecule has 0 saturated carbocycles. The van der Waals surface area contributed by atoms with E-state index in [1.54, 1.807) is 6.20 Å². The molecule has 0 radical (unpaired) electrons. The van der Waals surface area contributed by atoms with Crippen LogP contribution in [0.4, 0.5) is 5.82 Å². The van der Waals surface area contributed by atoms with Crippen LogP contribution >= 0.6 is 24.8 Å². The smallest absolute Gasteiger partial charge is 0.257 e. The Hall–Kier alpha value is -1.04. The van der Waals surface area contributed by atoms with Crippen molar-refractivity contribution >= 4 is 36.5 Å². The second-order valence-electron chi connectivity index (χ2n) is 6.05. The zero-order valence-electron chi connectivity index (χ0n) is 13.3. The van der Waals surface area contributed by atoms with Crippen molar-refractivity contribution in [2.45, 2.75) is 38.1 Å². The molecule has 130 valence electrons. The van der Waals surface area contributed by atoms with Crippen molar-refractivity contribution in [1.82, 2.24) is 9.88 Å². The van der Waals surface area contributed by atoms with Crippen LogP contribution in [0.3, 0.4) is 0 Å². The molecule has 0 unspecified atom stereocenters. The number of pyridine rings is 1. The third kappa shape index (κ3) is 4.72. The number of halogens is 2. The van der Waals surface area contributed by atoms with Crippen LogP contribution < -0.4 is 10.6 Å². The van der Waals surface area contributed by atoms with E-state index >= 15 is 0 Å². The quantitative estimate of drug-likeness (QED) is 0.879. The normalized spacial score (nSPS) is 18.8. The van der Waals surface area contributed by atoms with Crippen LogP contribution in [-0.2, 0) is 0 Å². The minimum absolute atomic E-state index is 0. The number of likely N-dealkylation sites (tertiary alicyclic amines) is 1. The van der Waals surface area contributed by atoms with Gasteiger partial charge in [0.1, 0.15) is 5.82 Å². The first-order chi connectivity index (χ1) is 10.3. The molecule has 1 aromatic rings. The Morgan fingerprint density at radius 1 is 1.09 bits per heavy atom. The van der Waals surface area contributed by atoms with Crippen LogP contribution in [0.5, 0.6) is 0 Å². The van der Waals surface area contributed by atoms with Gasteiger partial charge >= 0.3 is 0 Å². The number of hydrogen-bond donors (Lipinski definition) is 1. The van der Waals surface area contributed by atoms with Gasteiger partial charge in [-0.25, -0.2) is 4.98 Å². The molecular weight excluding hydrogens is 335 g/mol. The standard InChI is InChI=1S/C16H24N4O.2ClH/c17-13-6-11-20(12-7-13)16(21)14-5-4-8-18-15(14)19-9-2-1-3-10-19;;/h4-5,8,13H,1-3,6-7,9-12,17H2;2*1H. The molecule has 0 atom stereocenters. The first-order valence-corrected chi connectivity index (χ1v) is 8.00. The van der Waals surface area contributed by atoms with E-state index in [-0.39, 0.29) is 36.8 Å². The number of amides is 1. The maximum atomic E-state index is 12.8. The van der Waals surface area contributed by atoms with Crippen molar-refractivity contribution < 1.29 is 4.79 Å². The molecule has 3 heterocycles. The first kappa shape index (κ1) is 20.0. The van der Waals surface area contributed by atoms with E-state index in [2.05, 4.69) is 9.88 Å². The summed E-state index contributed by atoms with van der Waals surface area (Å²) in [6.45, 7) is 3.52. The lowest BCUT2D eigenvalue weighted by Crippen LogP contribution is -2.43. The zero-order chi connectivity index (χ0) is 14.7. The molecule has 0 aromatic carbocycles. The van der Waals surface area contributed by atoms with E-state index in [4.69, 9.17) is 5.73 Å². The summed E-state index contributed by atoms with van der Waals surface area (Å²) in [5.74, 6) is 0.965. The van der Waals surface area contributed by atoms with E-state index in [1.165, 1.54) is 19.3 Å². The fourth-order valence-corrected chi connectivity index (χ4v) is 3.19. The maximum Gasteiger partial charge on any atom is 0.257 e. The van der Waals surface area contributed by atoms with Gasteiger partial charge in [-0.2, -0.15) is 0 Å². The van der Waals surface area contributed by atoms with Gasteiger partial charge in [-0.15, -0.1) is 24.8 Å². The van der Waals surface area contributed by atoms with Gasteiger partial charge in [0.25, 0.3) is 5.91 Å². The molecule has 3 rings (SSSR count). The first-order valence-electron chi connectivity index (χ1n) is 8.00. The molecule has 7 heteroatoms. The third-order valence-electron chi connectivity index (χ3n) is 4.50. The predicted octanol–water partition coefficient (Wildman–Crippen LogP) is 2.48. The van der Waals surface area contributed by atoms with Crippen molar-refractivity contribution in [2.75, 3.05) is 31.1 Å². The van der Waals surface area contributed by atoms with Crippen LogP contribution in [0.2, 0.25) is 0 Å². The molecule has 0 spiro atoms. The minimum Gasteiger partial charge on any atom is -0.356 e. The van der Waals surface area contributed by atoms with Crippen molar-refractivity contribution in [1.29, 1.82) is 0 Å². The SMILES string of the molecule is Cl.Cl.NC1CCN(C(=O)c2cccnc2N2CCCCC2)CC1. The highest BCUT2D eigenvalue weighted by atomic mass is 35.5. The second-order valence-corrected chi connectivity index (χ2v) is 6.05. The number of anilines is 1. The molecule has 2 aliphatic heterocycles. The minimum atomic E-state index is 0. The summed E-state index contributed by atoms with van der Waals surface area (Å²) in [5.41, 5.74) is 6.67. The lowest BCUT2D eigenvalue weighted by Gasteiger charge is -2.33. The predicted molar refractivity (Wildman–Crippen MR) is 97.9 cm³/mol. The summed E-state index contributed by atoms with van der Waals surface area (Å²) < 4.78 is 0. The van der Waals surface area contributed by atoms with E-state index in [0.29, 0.717) is 0 Å². The van der Waals surface area contributed by atoms with Crippen molar-refractivity contribution in [3.8, 4) is 0 Å². The van der Waals surface area contributed by atoms with Crippen LogP contribution in [0.15, 0.2) is 18.3 Å². The van der Waals surface area contributed by atoms with Gasteiger partial charge in [0.15, 0.2) is 0 Å². The molecule has 2 fully saturated rings. The van der Waals surface area contributed by atoms with Gasteiger partial charge in [0, 0.05) is 38.4 Å². The van der Waals surface area contributed by atoms with Crippen LogP contribution in [0.25, 0.3) is 0 Å². The van der Waals surface area contributed by atoms with E-state index in [0.717, 1.165) is 50.4 Å². The maximum absolute atomic E-state index is 12.8. The lowest BCUT2D eigenvalue weighted by atomic mass is 10.0. The zero-order valence-corrected chi connectivity index (χ0v) is 15.0. The average Bonchev–Trinajstić information content (AvgIpc) is 2.56.